The van der Waals surface area contributed by atoms with Gasteiger partial charge >= 0.3 is 0 Å². The van der Waals surface area contributed by atoms with Gasteiger partial charge in [0.05, 0.1) is 6.61 Å². The topological polar surface area (TPSA) is 29.5 Å². The molecule has 64 valence electrons. The van der Waals surface area contributed by atoms with Gasteiger partial charge in [0.15, 0.2) is 0 Å². The first-order valence-corrected chi connectivity index (χ1v) is 3.99. The third-order valence-electron chi connectivity index (χ3n) is 2.09. The molecule has 0 bridgehead atoms. The molecule has 1 saturated heterocycles. The highest BCUT2D eigenvalue weighted by Crippen LogP contribution is 2.12. The van der Waals surface area contributed by atoms with Gasteiger partial charge in [-0.2, -0.15) is 0 Å². The summed E-state index contributed by atoms with van der Waals surface area (Å²) in [4.78, 5) is 12.6. The summed E-state index contributed by atoms with van der Waals surface area (Å²) in [5.41, 5.74) is 0. The molecule has 0 radical (unpaired) electrons. The van der Waals surface area contributed by atoms with Gasteiger partial charge in [-0.3, -0.25) is 4.79 Å². The zero-order chi connectivity index (χ0) is 8.27. The van der Waals surface area contributed by atoms with Crippen molar-refractivity contribution in [2.45, 2.75) is 13.3 Å². The van der Waals surface area contributed by atoms with Crippen molar-refractivity contribution in [3.63, 3.8) is 0 Å². The van der Waals surface area contributed by atoms with E-state index in [1.165, 1.54) is 0 Å². The molecule has 11 heavy (non-hydrogen) atoms. The fraction of sp³-hybridized carbons (Fsp3) is 0.875. The Hall–Kier alpha value is -0.570. The van der Waals surface area contributed by atoms with Crippen molar-refractivity contribution in [3.05, 3.63) is 0 Å². The van der Waals surface area contributed by atoms with E-state index in [9.17, 15) is 4.79 Å². The van der Waals surface area contributed by atoms with E-state index < -0.39 is 0 Å². The van der Waals surface area contributed by atoms with Gasteiger partial charge in [0.25, 0.3) is 0 Å². The second-order valence-corrected chi connectivity index (χ2v) is 3.13. The molecule has 1 aliphatic rings. The SMILES string of the molecule is CC(=O)N(C)C[C@H]1CCOC1. The largest absolute Gasteiger partial charge is 0.381 e. The standard InChI is InChI=1S/C8H15NO2/c1-7(10)9(2)5-8-3-4-11-6-8/h8H,3-6H2,1-2H3/t8-/m1/s1. The summed E-state index contributed by atoms with van der Waals surface area (Å²) in [5.74, 6) is 0.695. The van der Waals surface area contributed by atoms with E-state index >= 15 is 0 Å². The monoisotopic (exact) mass is 157 g/mol. The van der Waals surface area contributed by atoms with E-state index in [-0.39, 0.29) is 5.91 Å². The quantitative estimate of drug-likeness (QED) is 0.584. The van der Waals surface area contributed by atoms with E-state index in [1.54, 1.807) is 11.8 Å². The van der Waals surface area contributed by atoms with Gasteiger partial charge in [0.1, 0.15) is 0 Å². The molecule has 0 N–H and O–H groups in total. The molecule has 0 aromatic rings. The first-order valence-electron chi connectivity index (χ1n) is 3.99. The van der Waals surface area contributed by atoms with E-state index in [2.05, 4.69) is 0 Å². The number of nitrogens with zero attached hydrogens (tertiary/aromatic N) is 1. The van der Waals surface area contributed by atoms with Crippen LogP contribution in [0.3, 0.4) is 0 Å². The molecule has 1 aliphatic heterocycles. The molecule has 0 aromatic carbocycles. The van der Waals surface area contributed by atoms with Crippen molar-refractivity contribution >= 4 is 5.91 Å². The molecule has 1 amide bonds. The third-order valence-corrected chi connectivity index (χ3v) is 2.09. The van der Waals surface area contributed by atoms with Crippen molar-refractivity contribution in [3.8, 4) is 0 Å². The highest BCUT2D eigenvalue weighted by atomic mass is 16.5. The summed E-state index contributed by atoms with van der Waals surface area (Å²) in [6.45, 7) is 4.11. The van der Waals surface area contributed by atoms with E-state index in [4.69, 9.17) is 4.74 Å². The molecule has 1 heterocycles. The highest BCUT2D eigenvalue weighted by Gasteiger charge is 2.17. The maximum atomic E-state index is 10.8. The minimum atomic E-state index is 0.136. The van der Waals surface area contributed by atoms with Crippen molar-refractivity contribution in [1.29, 1.82) is 0 Å². The average molecular weight is 157 g/mol. The van der Waals surface area contributed by atoms with Gasteiger partial charge in [-0.15, -0.1) is 0 Å². The molecule has 1 fully saturated rings. The van der Waals surface area contributed by atoms with E-state index in [1.807, 2.05) is 7.05 Å². The molecule has 0 aromatic heterocycles. The zero-order valence-corrected chi connectivity index (χ0v) is 7.17. The summed E-state index contributed by atoms with van der Waals surface area (Å²) >= 11 is 0. The Morgan fingerprint density at radius 1 is 1.73 bits per heavy atom. The summed E-state index contributed by atoms with van der Waals surface area (Å²) < 4.78 is 5.20. The summed E-state index contributed by atoms with van der Waals surface area (Å²) in [6.07, 6.45) is 1.09. The van der Waals surface area contributed by atoms with Crippen LogP contribution < -0.4 is 0 Å². The van der Waals surface area contributed by atoms with Gasteiger partial charge in [-0.25, -0.2) is 0 Å². The molecule has 0 aliphatic carbocycles. The molecule has 1 atom stereocenters. The molecule has 3 heteroatoms. The van der Waals surface area contributed by atoms with Crippen LogP contribution in [0.25, 0.3) is 0 Å². The number of ether oxygens (including phenoxy) is 1. The summed E-state index contributed by atoms with van der Waals surface area (Å²) in [7, 11) is 1.83. The van der Waals surface area contributed by atoms with Gasteiger partial charge in [0.2, 0.25) is 5.91 Å². The van der Waals surface area contributed by atoms with Gasteiger partial charge in [-0.1, -0.05) is 0 Å². The van der Waals surface area contributed by atoms with Crippen LogP contribution in [0.4, 0.5) is 0 Å². The van der Waals surface area contributed by atoms with Crippen LogP contribution in [0.2, 0.25) is 0 Å². The lowest BCUT2D eigenvalue weighted by Crippen LogP contribution is -2.29. The van der Waals surface area contributed by atoms with Crippen molar-refractivity contribution < 1.29 is 9.53 Å². The molecule has 3 nitrogen and oxygen atoms in total. The van der Waals surface area contributed by atoms with Crippen molar-refractivity contribution in [2.75, 3.05) is 26.8 Å². The van der Waals surface area contributed by atoms with Crippen LogP contribution in [0, 0.1) is 5.92 Å². The maximum absolute atomic E-state index is 10.8. The van der Waals surface area contributed by atoms with Crippen LogP contribution >= 0.6 is 0 Å². The number of rotatable bonds is 2. The number of carbonyl (C=O) groups is 1. The van der Waals surface area contributed by atoms with Crippen LogP contribution in [0.15, 0.2) is 0 Å². The van der Waals surface area contributed by atoms with Crippen molar-refractivity contribution in [2.24, 2.45) is 5.92 Å². The highest BCUT2D eigenvalue weighted by molar-refractivity contribution is 5.72. The van der Waals surface area contributed by atoms with Gasteiger partial charge in [0, 0.05) is 33.0 Å². The normalized spacial score (nSPS) is 23.6. The smallest absolute Gasteiger partial charge is 0.219 e. The molecule has 0 spiro atoms. The average Bonchev–Trinajstić information content (AvgIpc) is 2.39. The lowest BCUT2D eigenvalue weighted by Gasteiger charge is -2.17. The second kappa shape index (κ2) is 3.72. The Morgan fingerprint density at radius 3 is 2.91 bits per heavy atom. The fourth-order valence-electron chi connectivity index (χ4n) is 1.24. The molecular formula is C8H15NO2. The van der Waals surface area contributed by atoms with E-state index in [0.717, 1.165) is 26.2 Å². The minimum absolute atomic E-state index is 0.136. The zero-order valence-electron chi connectivity index (χ0n) is 7.17. The van der Waals surface area contributed by atoms with Crippen LogP contribution in [-0.4, -0.2) is 37.6 Å². The Kier molecular flexibility index (Phi) is 2.88. The maximum Gasteiger partial charge on any atom is 0.219 e. The lowest BCUT2D eigenvalue weighted by atomic mass is 10.1. The van der Waals surface area contributed by atoms with E-state index in [0.29, 0.717) is 5.92 Å². The summed E-state index contributed by atoms with van der Waals surface area (Å²) in [5, 5.41) is 0. The number of amides is 1. The van der Waals surface area contributed by atoms with Crippen LogP contribution in [0.1, 0.15) is 13.3 Å². The number of hydrogen-bond acceptors (Lipinski definition) is 2. The Bertz CT molecular complexity index is 141. The Morgan fingerprint density at radius 2 is 2.45 bits per heavy atom. The molecular weight excluding hydrogens is 142 g/mol. The summed E-state index contributed by atoms with van der Waals surface area (Å²) in [6, 6.07) is 0. The number of carbonyl (C=O) groups excluding carboxylic acids is 1. The molecule has 0 saturated carbocycles. The van der Waals surface area contributed by atoms with Crippen LogP contribution in [0.5, 0.6) is 0 Å². The van der Waals surface area contributed by atoms with Crippen LogP contribution in [-0.2, 0) is 9.53 Å². The predicted octanol–water partition coefficient (Wildman–Crippen LogP) is 0.501. The number of hydrogen-bond donors (Lipinski definition) is 0. The lowest BCUT2D eigenvalue weighted by molar-refractivity contribution is -0.128. The first kappa shape index (κ1) is 8.53. The predicted molar refractivity (Wildman–Crippen MR) is 42.2 cm³/mol. The first-order chi connectivity index (χ1) is 5.20. The Balaban J connectivity index is 2.23. The Labute approximate surface area is 67.3 Å². The second-order valence-electron chi connectivity index (χ2n) is 3.13. The van der Waals surface area contributed by atoms with Gasteiger partial charge in [-0.05, 0) is 6.42 Å². The van der Waals surface area contributed by atoms with Gasteiger partial charge < -0.3 is 9.64 Å². The van der Waals surface area contributed by atoms with Crippen molar-refractivity contribution in [1.82, 2.24) is 4.90 Å². The minimum Gasteiger partial charge on any atom is -0.381 e. The molecule has 0 unspecified atom stereocenters. The third kappa shape index (κ3) is 2.50. The molecule has 1 rings (SSSR count). The fourth-order valence-corrected chi connectivity index (χ4v) is 1.24.